The van der Waals surface area contributed by atoms with Crippen LogP contribution < -0.4 is 0 Å². The van der Waals surface area contributed by atoms with Gasteiger partial charge in [0.25, 0.3) is 0 Å². The summed E-state index contributed by atoms with van der Waals surface area (Å²) in [7, 11) is 0. The molecule has 1 aliphatic heterocycles. The molecule has 1 atom stereocenters. The van der Waals surface area contributed by atoms with Gasteiger partial charge in [0.2, 0.25) is 0 Å². The molecule has 18 heavy (non-hydrogen) atoms. The third-order valence-electron chi connectivity index (χ3n) is 3.05. The van der Waals surface area contributed by atoms with Crippen LogP contribution in [0.1, 0.15) is 27.4 Å². The quantitative estimate of drug-likeness (QED) is 0.566. The molecule has 0 saturated carbocycles. The Labute approximate surface area is 104 Å². The Balaban J connectivity index is 2.18. The Kier molecular flexibility index (Phi) is 2.45. The number of carbonyl (C=O) groups excluding carboxylic acids is 2. The molecule has 3 rings (SSSR count). The molecule has 0 amide bonds. The molecule has 3 heteroatoms. The summed E-state index contributed by atoms with van der Waals surface area (Å²) in [6, 6.07) is 16.4. The first kappa shape index (κ1) is 10.7. The smallest absolute Gasteiger partial charge is 0.346 e. The molecular weight excluding hydrogens is 228 g/mol. The summed E-state index contributed by atoms with van der Waals surface area (Å²) in [5.41, 5.74) is 2.01. The van der Waals surface area contributed by atoms with Gasteiger partial charge in [0.05, 0.1) is 5.56 Å². The second kappa shape index (κ2) is 4.11. The third kappa shape index (κ3) is 1.61. The maximum absolute atomic E-state index is 11.9. The lowest BCUT2D eigenvalue weighted by atomic mass is 9.86. The first-order valence-electron chi connectivity index (χ1n) is 5.67. The van der Waals surface area contributed by atoms with Gasteiger partial charge in [-0.2, -0.15) is 0 Å². The van der Waals surface area contributed by atoms with Gasteiger partial charge in [-0.15, -0.1) is 0 Å². The molecule has 0 bridgehead atoms. The molecule has 0 aromatic heterocycles. The standard InChI is InChI=1S/C15H10O3/c16-14-12-9-5-4-8-11(12)13(15(17)18-14)10-6-2-1-3-7-10/h1-9,13H. The molecule has 0 radical (unpaired) electrons. The van der Waals surface area contributed by atoms with Gasteiger partial charge in [0, 0.05) is 0 Å². The monoisotopic (exact) mass is 238 g/mol. The predicted octanol–water partition coefficient (Wildman–Crippen LogP) is 2.52. The second-order valence-electron chi connectivity index (χ2n) is 4.14. The summed E-state index contributed by atoms with van der Waals surface area (Å²) in [5.74, 6) is -1.59. The van der Waals surface area contributed by atoms with Crippen LogP contribution in [-0.4, -0.2) is 11.9 Å². The summed E-state index contributed by atoms with van der Waals surface area (Å²) >= 11 is 0. The first-order valence-corrected chi connectivity index (χ1v) is 5.67. The van der Waals surface area contributed by atoms with Gasteiger partial charge in [-0.1, -0.05) is 48.5 Å². The van der Waals surface area contributed by atoms with Crippen LogP contribution in [0.15, 0.2) is 54.6 Å². The molecule has 1 heterocycles. The van der Waals surface area contributed by atoms with Crippen molar-refractivity contribution in [2.24, 2.45) is 0 Å². The highest BCUT2D eigenvalue weighted by molar-refractivity contribution is 6.05. The van der Waals surface area contributed by atoms with Gasteiger partial charge in [0.15, 0.2) is 0 Å². The van der Waals surface area contributed by atoms with Crippen molar-refractivity contribution in [1.29, 1.82) is 0 Å². The summed E-state index contributed by atoms with van der Waals surface area (Å²) in [6.45, 7) is 0. The van der Waals surface area contributed by atoms with Crippen molar-refractivity contribution in [3.05, 3.63) is 71.3 Å². The Morgan fingerprint density at radius 3 is 2.28 bits per heavy atom. The Bertz CT molecular complexity index is 617. The van der Waals surface area contributed by atoms with E-state index >= 15 is 0 Å². The van der Waals surface area contributed by atoms with Gasteiger partial charge in [-0.25, -0.2) is 4.79 Å². The predicted molar refractivity (Wildman–Crippen MR) is 65.1 cm³/mol. The first-order chi connectivity index (χ1) is 8.77. The molecule has 0 N–H and O–H groups in total. The zero-order valence-electron chi connectivity index (χ0n) is 9.50. The van der Waals surface area contributed by atoms with E-state index in [-0.39, 0.29) is 0 Å². The zero-order chi connectivity index (χ0) is 12.5. The fourth-order valence-corrected chi connectivity index (χ4v) is 2.23. The van der Waals surface area contributed by atoms with E-state index in [0.717, 1.165) is 5.56 Å². The maximum atomic E-state index is 11.9. The Hall–Kier alpha value is -2.42. The van der Waals surface area contributed by atoms with Crippen molar-refractivity contribution in [3.63, 3.8) is 0 Å². The Morgan fingerprint density at radius 2 is 1.50 bits per heavy atom. The van der Waals surface area contributed by atoms with E-state index in [1.165, 1.54) is 0 Å². The Morgan fingerprint density at radius 1 is 0.833 bits per heavy atom. The van der Waals surface area contributed by atoms with E-state index in [9.17, 15) is 9.59 Å². The average molecular weight is 238 g/mol. The fraction of sp³-hybridized carbons (Fsp3) is 0.0667. The summed E-state index contributed by atoms with van der Waals surface area (Å²) < 4.78 is 4.80. The van der Waals surface area contributed by atoms with E-state index in [0.29, 0.717) is 11.1 Å². The van der Waals surface area contributed by atoms with Crippen molar-refractivity contribution < 1.29 is 14.3 Å². The highest BCUT2D eigenvalue weighted by Crippen LogP contribution is 2.32. The summed E-state index contributed by atoms with van der Waals surface area (Å²) in [4.78, 5) is 23.6. The van der Waals surface area contributed by atoms with Crippen LogP contribution in [-0.2, 0) is 9.53 Å². The van der Waals surface area contributed by atoms with Gasteiger partial charge < -0.3 is 4.74 Å². The lowest BCUT2D eigenvalue weighted by Crippen LogP contribution is -2.28. The number of fused-ring (bicyclic) bond motifs is 1. The molecule has 0 saturated heterocycles. The molecule has 0 fully saturated rings. The molecule has 1 aliphatic rings. The fourth-order valence-electron chi connectivity index (χ4n) is 2.23. The highest BCUT2D eigenvalue weighted by Gasteiger charge is 2.35. The normalized spacial score (nSPS) is 18.1. The minimum atomic E-state index is -0.567. The van der Waals surface area contributed by atoms with Crippen LogP contribution >= 0.6 is 0 Å². The molecule has 0 spiro atoms. The minimum Gasteiger partial charge on any atom is -0.389 e. The van der Waals surface area contributed by atoms with Crippen LogP contribution in [0, 0.1) is 0 Å². The SMILES string of the molecule is O=C1OC(=O)C(c2ccccc2)c2ccccc21. The van der Waals surface area contributed by atoms with Crippen LogP contribution in [0.5, 0.6) is 0 Å². The zero-order valence-corrected chi connectivity index (χ0v) is 9.50. The summed E-state index contributed by atoms with van der Waals surface area (Å²) in [6.07, 6.45) is 0. The number of cyclic esters (lactones) is 2. The van der Waals surface area contributed by atoms with Gasteiger partial charge in [0.1, 0.15) is 5.92 Å². The number of rotatable bonds is 1. The van der Waals surface area contributed by atoms with E-state index in [1.54, 1.807) is 18.2 Å². The highest BCUT2D eigenvalue weighted by atomic mass is 16.6. The van der Waals surface area contributed by atoms with Gasteiger partial charge in [-0.05, 0) is 17.2 Å². The topological polar surface area (TPSA) is 43.4 Å². The molecule has 2 aromatic rings. The molecule has 88 valence electrons. The van der Waals surface area contributed by atoms with Crippen molar-refractivity contribution in [1.82, 2.24) is 0 Å². The number of esters is 2. The summed E-state index contributed by atoms with van der Waals surface area (Å²) in [5, 5.41) is 0. The second-order valence-corrected chi connectivity index (χ2v) is 4.14. The van der Waals surface area contributed by atoms with Gasteiger partial charge in [-0.3, -0.25) is 4.79 Å². The van der Waals surface area contributed by atoms with E-state index < -0.39 is 17.9 Å². The molecular formula is C15H10O3. The molecule has 3 nitrogen and oxygen atoms in total. The molecule has 2 aromatic carbocycles. The lowest BCUT2D eigenvalue weighted by Gasteiger charge is -2.23. The largest absolute Gasteiger partial charge is 0.389 e. The van der Waals surface area contributed by atoms with E-state index in [4.69, 9.17) is 4.74 Å². The van der Waals surface area contributed by atoms with Crippen LogP contribution in [0.2, 0.25) is 0 Å². The van der Waals surface area contributed by atoms with Gasteiger partial charge >= 0.3 is 11.9 Å². The van der Waals surface area contributed by atoms with Crippen LogP contribution in [0.25, 0.3) is 0 Å². The van der Waals surface area contributed by atoms with E-state index in [2.05, 4.69) is 0 Å². The van der Waals surface area contributed by atoms with Crippen LogP contribution in [0.3, 0.4) is 0 Å². The third-order valence-corrected chi connectivity index (χ3v) is 3.05. The van der Waals surface area contributed by atoms with Crippen molar-refractivity contribution >= 4 is 11.9 Å². The van der Waals surface area contributed by atoms with E-state index in [1.807, 2.05) is 36.4 Å². The maximum Gasteiger partial charge on any atom is 0.346 e. The van der Waals surface area contributed by atoms with Crippen molar-refractivity contribution in [2.45, 2.75) is 5.92 Å². The number of carbonyl (C=O) groups is 2. The molecule has 0 aliphatic carbocycles. The minimum absolute atomic E-state index is 0.464. The number of hydrogen-bond donors (Lipinski definition) is 0. The number of benzene rings is 2. The number of ether oxygens (including phenoxy) is 1. The number of hydrogen-bond acceptors (Lipinski definition) is 3. The van der Waals surface area contributed by atoms with Crippen molar-refractivity contribution in [2.75, 3.05) is 0 Å². The lowest BCUT2D eigenvalue weighted by molar-refractivity contribution is -0.139. The molecule has 1 unspecified atom stereocenters. The van der Waals surface area contributed by atoms with Crippen molar-refractivity contribution in [3.8, 4) is 0 Å². The van der Waals surface area contributed by atoms with Crippen LogP contribution in [0.4, 0.5) is 0 Å². The average Bonchev–Trinajstić information content (AvgIpc) is 2.40.